The first kappa shape index (κ1) is 26.2. The maximum atomic E-state index is 13.8. The fraction of sp³-hybridized carbons (Fsp3) is 0.161. The molecule has 40 heavy (non-hydrogen) atoms. The van der Waals surface area contributed by atoms with Gasteiger partial charge in [0.15, 0.2) is 5.78 Å². The molecule has 2 aliphatic rings. The van der Waals surface area contributed by atoms with E-state index in [0.717, 1.165) is 0 Å². The second-order valence-corrected chi connectivity index (χ2v) is 9.38. The highest BCUT2D eigenvalue weighted by Crippen LogP contribution is 2.32. The van der Waals surface area contributed by atoms with Crippen molar-refractivity contribution in [3.05, 3.63) is 101 Å². The molecule has 9 heteroatoms. The van der Waals surface area contributed by atoms with E-state index >= 15 is 0 Å². The summed E-state index contributed by atoms with van der Waals surface area (Å²) in [6.07, 6.45) is 7.24. The monoisotopic (exact) mass is 531 g/mol. The van der Waals surface area contributed by atoms with Gasteiger partial charge in [-0.1, -0.05) is 18.1 Å². The van der Waals surface area contributed by atoms with Crippen molar-refractivity contribution in [2.45, 2.75) is 13.0 Å². The first-order chi connectivity index (χ1) is 19.3. The minimum absolute atomic E-state index is 0.179. The molecule has 2 unspecified atom stereocenters. The molecule has 0 spiro atoms. The number of carbonyl (C=O) groups is 3. The summed E-state index contributed by atoms with van der Waals surface area (Å²) in [4.78, 5) is 41.5. The Morgan fingerprint density at radius 3 is 2.58 bits per heavy atom. The van der Waals surface area contributed by atoms with Crippen molar-refractivity contribution < 1.29 is 19.1 Å². The molecular weight excluding hydrogens is 506 g/mol. The number of terminal acetylenes is 1. The van der Waals surface area contributed by atoms with Gasteiger partial charge in [0.1, 0.15) is 17.9 Å². The SMILES string of the molecule is C#Cc1cccc(C(=O)c2ccc(N3C(=O)C4C(C(=O)Nc5ccc(OC)c(C#N)c5)CNN4C=C3C)cc2)c1. The van der Waals surface area contributed by atoms with E-state index in [1.165, 1.54) is 13.2 Å². The maximum absolute atomic E-state index is 13.8. The van der Waals surface area contributed by atoms with Gasteiger partial charge in [-0.15, -0.1) is 6.42 Å². The molecule has 0 bridgehead atoms. The van der Waals surface area contributed by atoms with Crippen molar-refractivity contribution in [2.24, 2.45) is 5.92 Å². The van der Waals surface area contributed by atoms with Gasteiger partial charge in [-0.25, -0.2) is 5.43 Å². The van der Waals surface area contributed by atoms with Gasteiger partial charge in [0, 0.05) is 46.5 Å². The number of nitrogens with one attached hydrogen (secondary N) is 2. The van der Waals surface area contributed by atoms with Gasteiger partial charge in [0.05, 0.1) is 18.6 Å². The third-order valence-corrected chi connectivity index (χ3v) is 6.93. The molecule has 198 valence electrons. The Balaban J connectivity index is 1.35. The molecule has 2 N–H and O–H groups in total. The molecule has 0 radical (unpaired) electrons. The minimum atomic E-state index is -0.787. The minimum Gasteiger partial charge on any atom is -0.495 e. The van der Waals surface area contributed by atoms with E-state index in [1.807, 2.05) is 6.07 Å². The number of ketones is 1. The molecule has 3 aromatic rings. The molecule has 0 aliphatic carbocycles. The summed E-state index contributed by atoms with van der Waals surface area (Å²) in [6, 6.07) is 19.6. The Labute approximate surface area is 231 Å². The number of methoxy groups -OCH3 is 1. The molecule has 0 saturated carbocycles. The van der Waals surface area contributed by atoms with Crippen LogP contribution in [-0.2, 0) is 9.59 Å². The highest BCUT2D eigenvalue weighted by Gasteiger charge is 2.47. The molecule has 3 aromatic carbocycles. The van der Waals surface area contributed by atoms with Crippen LogP contribution in [0.25, 0.3) is 0 Å². The first-order valence-corrected chi connectivity index (χ1v) is 12.5. The zero-order valence-corrected chi connectivity index (χ0v) is 21.8. The smallest absolute Gasteiger partial charge is 0.256 e. The summed E-state index contributed by atoms with van der Waals surface area (Å²) in [5.74, 6) is 1.42. The van der Waals surface area contributed by atoms with Gasteiger partial charge >= 0.3 is 0 Å². The number of anilines is 2. The van der Waals surface area contributed by atoms with Gasteiger partial charge in [0.25, 0.3) is 5.91 Å². The third-order valence-electron chi connectivity index (χ3n) is 6.93. The number of fused-ring (bicyclic) bond motifs is 1. The van der Waals surface area contributed by atoms with Crippen LogP contribution >= 0.6 is 0 Å². The maximum Gasteiger partial charge on any atom is 0.256 e. The van der Waals surface area contributed by atoms with Gasteiger partial charge in [0.2, 0.25) is 5.91 Å². The highest BCUT2D eigenvalue weighted by atomic mass is 16.5. The van der Waals surface area contributed by atoms with Crippen LogP contribution in [0.15, 0.2) is 78.6 Å². The van der Waals surface area contributed by atoms with Crippen LogP contribution in [0.2, 0.25) is 0 Å². The number of hydrazine groups is 1. The Kier molecular flexibility index (Phi) is 7.07. The first-order valence-electron chi connectivity index (χ1n) is 12.5. The summed E-state index contributed by atoms with van der Waals surface area (Å²) in [7, 11) is 1.47. The Hall–Kier alpha value is -5.38. The summed E-state index contributed by atoms with van der Waals surface area (Å²) < 4.78 is 5.16. The normalized spacial score (nSPS) is 17.8. The van der Waals surface area contributed by atoms with E-state index in [9.17, 15) is 19.6 Å². The fourth-order valence-corrected chi connectivity index (χ4v) is 4.94. The third kappa shape index (κ3) is 4.78. The van der Waals surface area contributed by atoms with Crippen LogP contribution in [0.5, 0.6) is 5.75 Å². The Bertz CT molecular complexity index is 1630. The predicted octanol–water partition coefficient (Wildman–Crippen LogP) is 3.43. The summed E-state index contributed by atoms with van der Waals surface area (Å²) in [6.45, 7) is 2.06. The Morgan fingerprint density at radius 2 is 1.88 bits per heavy atom. The number of nitrogens with zero attached hydrogens (tertiary/aromatic N) is 3. The van der Waals surface area contributed by atoms with E-state index in [2.05, 4.69) is 16.7 Å². The van der Waals surface area contributed by atoms with Crippen LogP contribution in [0.1, 0.15) is 34.0 Å². The number of nitriles is 1. The largest absolute Gasteiger partial charge is 0.495 e. The van der Waals surface area contributed by atoms with Crippen LogP contribution in [0.3, 0.4) is 0 Å². The van der Waals surface area contributed by atoms with Gasteiger partial charge in [-0.2, -0.15) is 5.26 Å². The molecule has 2 heterocycles. The number of ether oxygens (including phenoxy) is 1. The lowest BCUT2D eigenvalue weighted by Gasteiger charge is -2.36. The highest BCUT2D eigenvalue weighted by molar-refractivity contribution is 6.10. The average Bonchev–Trinajstić information content (AvgIpc) is 3.41. The van der Waals surface area contributed by atoms with Gasteiger partial charge in [-0.05, 0) is 61.5 Å². The molecule has 9 nitrogen and oxygen atoms in total. The van der Waals surface area contributed by atoms with Crippen molar-refractivity contribution in [3.8, 4) is 24.2 Å². The number of hydrogen-bond donors (Lipinski definition) is 2. The lowest BCUT2D eigenvalue weighted by atomic mass is 9.96. The van der Waals surface area contributed by atoms with Crippen LogP contribution in [-0.4, -0.2) is 42.3 Å². The van der Waals surface area contributed by atoms with Crippen LogP contribution < -0.4 is 20.4 Å². The standard InChI is InChI=1S/C31H25N5O4/c1-4-20-6-5-7-22(14-20)29(37)21-8-11-25(12-9-21)36-19(2)18-35-28(31(36)39)26(17-33-35)30(38)34-24-10-13-27(40-3)23(15-24)16-32/h1,5-15,18,26,28,33H,17H2,2-3H3,(H,34,38). The summed E-state index contributed by atoms with van der Waals surface area (Å²) in [5, 5.41) is 13.8. The van der Waals surface area contributed by atoms with Crippen molar-refractivity contribution >= 4 is 29.0 Å². The van der Waals surface area contributed by atoms with E-state index in [-0.39, 0.29) is 29.7 Å². The van der Waals surface area contributed by atoms with E-state index < -0.39 is 12.0 Å². The van der Waals surface area contributed by atoms with Crippen molar-refractivity contribution in [3.63, 3.8) is 0 Å². The van der Waals surface area contributed by atoms with Crippen molar-refractivity contribution in [1.29, 1.82) is 5.26 Å². The average molecular weight is 532 g/mol. The summed E-state index contributed by atoms with van der Waals surface area (Å²) >= 11 is 0. The lowest BCUT2D eigenvalue weighted by molar-refractivity contribution is -0.129. The van der Waals surface area contributed by atoms with E-state index in [1.54, 1.807) is 83.7 Å². The zero-order chi connectivity index (χ0) is 28.4. The van der Waals surface area contributed by atoms with Crippen molar-refractivity contribution in [2.75, 3.05) is 23.9 Å². The zero-order valence-electron chi connectivity index (χ0n) is 21.8. The second-order valence-electron chi connectivity index (χ2n) is 9.38. The summed E-state index contributed by atoms with van der Waals surface area (Å²) in [5.41, 5.74) is 6.63. The van der Waals surface area contributed by atoms with Crippen LogP contribution in [0, 0.1) is 29.6 Å². The number of rotatable bonds is 6. The Morgan fingerprint density at radius 1 is 1.10 bits per heavy atom. The lowest BCUT2D eigenvalue weighted by Crippen LogP contribution is -2.53. The molecule has 2 amide bonds. The molecular formula is C31H25N5O4. The number of amides is 2. The molecule has 1 saturated heterocycles. The van der Waals surface area contributed by atoms with Gasteiger partial charge in [-0.3, -0.25) is 19.3 Å². The van der Waals surface area contributed by atoms with Crippen molar-refractivity contribution in [1.82, 2.24) is 10.4 Å². The molecule has 2 atom stereocenters. The van der Waals surface area contributed by atoms with Gasteiger partial charge < -0.3 is 15.1 Å². The molecule has 0 aromatic heterocycles. The quantitative estimate of drug-likeness (QED) is 0.370. The number of carbonyl (C=O) groups excluding carboxylic acids is 3. The molecule has 1 fully saturated rings. The molecule has 2 aliphatic heterocycles. The van der Waals surface area contributed by atoms with Crippen LogP contribution in [0.4, 0.5) is 11.4 Å². The number of allylic oxidation sites excluding steroid dienone is 1. The fourth-order valence-electron chi connectivity index (χ4n) is 4.94. The predicted molar refractivity (Wildman–Crippen MR) is 149 cm³/mol. The second kappa shape index (κ2) is 10.8. The van der Waals surface area contributed by atoms with E-state index in [0.29, 0.717) is 39.5 Å². The number of hydrogen-bond acceptors (Lipinski definition) is 7. The number of benzene rings is 3. The molecule has 5 rings (SSSR count). The van der Waals surface area contributed by atoms with E-state index in [4.69, 9.17) is 11.2 Å². The topological polar surface area (TPSA) is 115 Å².